The van der Waals surface area contributed by atoms with Crippen molar-refractivity contribution in [3.63, 3.8) is 0 Å². The van der Waals surface area contributed by atoms with E-state index in [4.69, 9.17) is 0 Å². The molecule has 0 spiro atoms. The number of hydrogen-bond donors (Lipinski definition) is 3. The Hall–Kier alpha value is -1.59. The first-order valence-electron chi connectivity index (χ1n) is 6.69. The molecule has 0 aliphatic rings. The number of likely N-dealkylation sites (N-methyl/N-ethyl adjacent to an activating group) is 1. The van der Waals surface area contributed by atoms with Crippen molar-refractivity contribution < 1.29 is 9.90 Å². The molecule has 20 heavy (non-hydrogen) atoms. The Balaban J connectivity index is 2.49. The number of benzene rings is 1. The highest BCUT2D eigenvalue weighted by Gasteiger charge is 2.22. The molecule has 0 heterocycles. The van der Waals surface area contributed by atoms with Gasteiger partial charge in [0.15, 0.2) is 0 Å². The highest BCUT2D eigenvalue weighted by molar-refractivity contribution is 5.89. The summed E-state index contributed by atoms with van der Waals surface area (Å²) in [5.41, 5.74) is 2.11. The lowest BCUT2D eigenvalue weighted by Crippen LogP contribution is -2.48. The number of nitrogens with one attached hydrogen (secondary N) is 2. The second kappa shape index (κ2) is 6.72. The molecule has 1 aromatic rings. The smallest absolute Gasteiger partial charge is 0.319 e. The molecule has 1 unspecified atom stereocenters. The Labute approximate surface area is 121 Å². The molecular weight excluding hydrogens is 254 g/mol. The van der Waals surface area contributed by atoms with Crippen molar-refractivity contribution in [1.82, 2.24) is 10.2 Å². The van der Waals surface area contributed by atoms with Crippen molar-refractivity contribution in [2.75, 3.05) is 32.5 Å². The number of urea groups is 1. The van der Waals surface area contributed by atoms with E-state index in [2.05, 4.69) is 10.6 Å². The van der Waals surface area contributed by atoms with Crippen LogP contribution in [0, 0.1) is 13.8 Å². The molecule has 0 fully saturated rings. The molecule has 0 saturated heterocycles. The minimum absolute atomic E-state index is 0.196. The standard InChI is InChI=1S/C15H25N3O2/c1-11-6-7-13(8-12(11)2)17-14(19)16-9-15(3,20)10-18(4)5/h6-8,20H,9-10H2,1-5H3,(H2,16,17,19). The molecule has 112 valence electrons. The van der Waals surface area contributed by atoms with Crippen molar-refractivity contribution in [3.8, 4) is 0 Å². The minimum Gasteiger partial charge on any atom is -0.387 e. The quantitative estimate of drug-likeness (QED) is 0.769. The summed E-state index contributed by atoms with van der Waals surface area (Å²) < 4.78 is 0. The average molecular weight is 279 g/mol. The van der Waals surface area contributed by atoms with Gasteiger partial charge in [-0.3, -0.25) is 0 Å². The number of carbonyl (C=O) groups excluding carboxylic acids is 1. The van der Waals surface area contributed by atoms with Gasteiger partial charge in [0.05, 0.1) is 5.60 Å². The van der Waals surface area contributed by atoms with Crippen LogP contribution in [0.15, 0.2) is 18.2 Å². The van der Waals surface area contributed by atoms with Gasteiger partial charge in [-0.1, -0.05) is 6.07 Å². The third kappa shape index (κ3) is 5.59. The number of hydrogen-bond acceptors (Lipinski definition) is 3. The van der Waals surface area contributed by atoms with Crippen LogP contribution in [-0.4, -0.2) is 48.8 Å². The summed E-state index contributed by atoms with van der Waals surface area (Å²) in [7, 11) is 3.76. The van der Waals surface area contributed by atoms with Crippen LogP contribution < -0.4 is 10.6 Å². The van der Waals surface area contributed by atoms with Crippen LogP contribution in [-0.2, 0) is 0 Å². The molecule has 0 bridgehead atoms. The van der Waals surface area contributed by atoms with Crippen molar-refractivity contribution in [2.45, 2.75) is 26.4 Å². The lowest BCUT2D eigenvalue weighted by Gasteiger charge is -2.27. The maximum absolute atomic E-state index is 11.8. The topological polar surface area (TPSA) is 64.6 Å². The second-order valence-corrected chi connectivity index (χ2v) is 5.84. The molecule has 0 aliphatic carbocycles. The molecule has 5 nitrogen and oxygen atoms in total. The maximum Gasteiger partial charge on any atom is 0.319 e. The molecule has 5 heteroatoms. The number of amides is 2. The van der Waals surface area contributed by atoms with Crippen molar-refractivity contribution in [1.29, 1.82) is 0 Å². The zero-order chi connectivity index (χ0) is 15.3. The molecule has 0 aliphatic heterocycles. The predicted molar refractivity (Wildman–Crippen MR) is 82.1 cm³/mol. The van der Waals surface area contributed by atoms with Gasteiger partial charge in [0.1, 0.15) is 0 Å². The van der Waals surface area contributed by atoms with Crippen LogP contribution in [0.25, 0.3) is 0 Å². The van der Waals surface area contributed by atoms with Gasteiger partial charge in [0.25, 0.3) is 0 Å². The first kappa shape index (κ1) is 16.5. The van der Waals surface area contributed by atoms with Crippen molar-refractivity contribution in [2.24, 2.45) is 0 Å². The monoisotopic (exact) mass is 279 g/mol. The third-order valence-electron chi connectivity index (χ3n) is 3.05. The molecular formula is C15H25N3O2. The van der Waals surface area contributed by atoms with Gasteiger partial charge in [0.2, 0.25) is 0 Å². The summed E-state index contributed by atoms with van der Waals surface area (Å²) in [6, 6.07) is 5.44. The largest absolute Gasteiger partial charge is 0.387 e. The van der Waals surface area contributed by atoms with E-state index in [0.717, 1.165) is 11.3 Å². The lowest BCUT2D eigenvalue weighted by molar-refractivity contribution is 0.0364. The Morgan fingerprint density at radius 2 is 1.95 bits per heavy atom. The van der Waals surface area contributed by atoms with E-state index in [0.29, 0.717) is 6.54 Å². The summed E-state index contributed by atoms with van der Waals surface area (Å²) in [6.07, 6.45) is 0. The van der Waals surface area contributed by atoms with E-state index in [1.165, 1.54) is 5.56 Å². The second-order valence-electron chi connectivity index (χ2n) is 5.84. The SMILES string of the molecule is Cc1ccc(NC(=O)NCC(C)(O)CN(C)C)cc1C. The van der Waals surface area contributed by atoms with Crippen LogP contribution in [0.3, 0.4) is 0 Å². The van der Waals surface area contributed by atoms with Gasteiger partial charge in [-0.25, -0.2) is 4.79 Å². The Morgan fingerprint density at radius 1 is 1.30 bits per heavy atom. The van der Waals surface area contributed by atoms with Crippen LogP contribution in [0.2, 0.25) is 0 Å². The van der Waals surface area contributed by atoms with Crippen LogP contribution >= 0.6 is 0 Å². The maximum atomic E-state index is 11.8. The molecule has 1 atom stereocenters. The average Bonchev–Trinajstić information content (AvgIpc) is 2.30. The minimum atomic E-state index is -0.954. The third-order valence-corrected chi connectivity index (χ3v) is 3.05. The summed E-state index contributed by atoms with van der Waals surface area (Å²) in [5, 5.41) is 15.5. The highest BCUT2D eigenvalue weighted by atomic mass is 16.3. The Kier molecular flexibility index (Phi) is 5.53. The molecule has 1 aromatic carbocycles. The number of aliphatic hydroxyl groups is 1. The van der Waals surface area contributed by atoms with E-state index < -0.39 is 5.60 Å². The number of nitrogens with zero attached hydrogens (tertiary/aromatic N) is 1. The van der Waals surface area contributed by atoms with E-state index in [1.54, 1.807) is 6.92 Å². The Bertz CT molecular complexity index is 470. The van der Waals surface area contributed by atoms with E-state index >= 15 is 0 Å². The molecule has 0 saturated carbocycles. The van der Waals surface area contributed by atoms with Gasteiger partial charge in [-0.2, -0.15) is 0 Å². The molecule has 2 amide bonds. The highest BCUT2D eigenvalue weighted by Crippen LogP contribution is 2.14. The van der Waals surface area contributed by atoms with Gasteiger partial charge in [-0.15, -0.1) is 0 Å². The normalized spacial score (nSPS) is 13.9. The van der Waals surface area contributed by atoms with Gasteiger partial charge in [0, 0.05) is 18.8 Å². The van der Waals surface area contributed by atoms with Gasteiger partial charge >= 0.3 is 6.03 Å². The molecule has 1 rings (SSSR count). The lowest BCUT2D eigenvalue weighted by atomic mass is 10.1. The fourth-order valence-electron chi connectivity index (χ4n) is 2.00. The predicted octanol–water partition coefficient (Wildman–Crippen LogP) is 1.74. The fraction of sp³-hybridized carbons (Fsp3) is 0.533. The van der Waals surface area contributed by atoms with Gasteiger partial charge in [-0.05, 0) is 58.1 Å². The van der Waals surface area contributed by atoms with E-state index in [9.17, 15) is 9.90 Å². The first-order valence-corrected chi connectivity index (χ1v) is 6.69. The number of anilines is 1. The van der Waals surface area contributed by atoms with Gasteiger partial charge < -0.3 is 20.6 Å². The van der Waals surface area contributed by atoms with Crippen LogP contribution in [0.1, 0.15) is 18.1 Å². The van der Waals surface area contributed by atoms with E-state index in [-0.39, 0.29) is 12.6 Å². The summed E-state index contributed by atoms with van der Waals surface area (Å²) >= 11 is 0. The zero-order valence-corrected chi connectivity index (χ0v) is 12.9. The number of aryl methyl sites for hydroxylation is 2. The summed E-state index contributed by atoms with van der Waals surface area (Å²) in [5.74, 6) is 0. The fourth-order valence-corrected chi connectivity index (χ4v) is 2.00. The Morgan fingerprint density at radius 3 is 2.50 bits per heavy atom. The molecule has 0 aromatic heterocycles. The van der Waals surface area contributed by atoms with Crippen LogP contribution in [0.4, 0.5) is 10.5 Å². The van der Waals surface area contributed by atoms with Crippen molar-refractivity contribution in [3.05, 3.63) is 29.3 Å². The van der Waals surface area contributed by atoms with Crippen molar-refractivity contribution >= 4 is 11.7 Å². The number of carbonyl (C=O) groups is 1. The first-order chi connectivity index (χ1) is 9.19. The molecule has 0 radical (unpaired) electrons. The van der Waals surface area contributed by atoms with Crippen LogP contribution in [0.5, 0.6) is 0 Å². The summed E-state index contributed by atoms with van der Waals surface area (Å²) in [6.45, 7) is 6.40. The van der Waals surface area contributed by atoms with E-state index in [1.807, 2.05) is 51.0 Å². The molecule has 3 N–H and O–H groups in total. The summed E-state index contributed by atoms with van der Waals surface area (Å²) in [4.78, 5) is 13.7. The zero-order valence-electron chi connectivity index (χ0n) is 12.9. The number of rotatable bonds is 5.